The van der Waals surface area contributed by atoms with Crippen LogP contribution in [0.25, 0.3) is 0 Å². The predicted octanol–water partition coefficient (Wildman–Crippen LogP) is 3.01. The highest BCUT2D eigenvalue weighted by Crippen LogP contribution is 2.30. The Morgan fingerprint density at radius 1 is 1.38 bits per heavy atom. The first-order valence-corrected chi connectivity index (χ1v) is 9.14. The number of benzene rings is 1. The third kappa shape index (κ3) is 3.77. The molecule has 2 rings (SSSR count). The number of hydrogen-bond donors (Lipinski definition) is 1. The van der Waals surface area contributed by atoms with Gasteiger partial charge in [-0.3, -0.25) is 0 Å². The monoisotopic (exact) mass is 330 g/mol. The lowest BCUT2D eigenvalue weighted by atomic mass is 9.94. The lowest BCUT2D eigenvalue weighted by Gasteiger charge is -2.33. The van der Waals surface area contributed by atoms with Gasteiger partial charge >= 0.3 is 0 Å². The van der Waals surface area contributed by atoms with Gasteiger partial charge in [-0.2, -0.15) is 4.31 Å². The van der Waals surface area contributed by atoms with E-state index in [2.05, 4.69) is 19.2 Å². The molecule has 0 spiro atoms. The van der Waals surface area contributed by atoms with Crippen molar-refractivity contribution in [3.05, 3.63) is 28.8 Å². The average Bonchev–Trinajstić information content (AvgIpc) is 2.34. The van der Waals surface area contributed by atoms with Crippen LogP contribution in [0.3, 0.4) is 0 Å². The topological polar surface area (TPSA) is 49.4 Å². The summed E-state index contributed by atoms with van der Waals surface area (Å²) in [6, 6.07) is 5.49. The highest BCUT2D eigenvalue weighted by Gasteiger charge is 2.31. The molecule has 0 heterocycles. The van der Waals surface area contributed by atoms with Gasteiger partial charge in [-0.15, -0.1) is 0 Å². The number of halogens is 1. The molecule has 1 aliphatic carbocycles. The normalized spacial score (nSPS) is 16.5. The van der Waals surface area contributed by atoms with Crippen LogP contribution in [0.1, 0.15) is 38.7 Å². The lowest BCUT2D eigenvalue weighted by molar-refractivity contribution is 0.249. The summed E-state index contributed by atoms with van der Waals surface area (Å²) in [6.07, 6.45) is 2.99. The molecule has 0 aliphatic heterocycles. The molecule has 0 aromatic heterocycles. The Morgan fingerprint density at radius 2 is 2.05 bits per heavy atom. The molecule has 0 bridgehead atoms. The molecule has 118 valence electrons. The molecule has 0 unspecified atom stereocenters. The van der Waals surface area contributed by atoms with Crippen molar-refractivity contribution in [3.8, 4) is 0 Å². The van der Waals surface area contributed by atoms with Gasteiger partial charge in [0.25, 0.3) is 0 Å². The van der Waals surface area contributed by atoms with Crippen LogP contribution >= 0.6 is 11.6 Å². The summed E-state index contributed by atoms with van der Waals surface area (Å²) in [6.45, 7) is 4.75. The van der Waals surface area contributed by atoms with Gasteiger partial charge in [0.2, 0.25) is 10.0 Å². The summed E-state index contributed by atoms with van der Waals surface area (Å²) in [5.41, 5.74) is 0.913. The fourth-order valence-electron chi connectivity index (χ4n) is 2.26. The molecule has 4 nitrogen and oxygen atoms in total. The molecule has 1 saturated carbocycles. The van der Waals surface area contributed by atoms with Crippen LogP contribution < -0.4 is 5.32 Å². The number of sulfonamides is 1. The number of nitrogens with one attached hydrogen (secondary N) is 1. The zero-order valence-electron chi connectivity index (χ0n) is 12.8. The maximum Gasteiger partial charge on any atom is 0.243 e. The van der Waals surface area contributed by atoms with Gasteiger partial charge < -0.3 is 5.32 Å². The third-order valence-electron chi connectivity index (χ3n) is 3.99. The van der Waals surface area contributed by atoms with E-state index in [1.165, 1.54) is 4.31 Å². The van der Waals surface area contributed by atoms with E-state index in [0.29, 0.717) is 17.6 Å². The second-order valence-corrected chi connectivity index (χ2v) is 8.30. The van der Waals surface area contributed by atoms with E-state index >= 15 is 0 Å². The summed E-state index contributed by atoms with van der Waals surface area (Å²) in [4.78, 5) is 0.273. The minimum atomic E-state index is -3.44. The van der Waals surface area contributed by atoms with Crippen molar-refractivity contribution in [2.75, 3.05) is 7.05 Å². The molecule has 0 saturated heterocycles. The molecule has 1 N–H and O–H groups in total. The van der Waals surface area contributed by atoms with Crippen molar-refractivity contribution in [2.24, 2.45) is 0 Å². The Bertz CT molecular complexity index is 598. The van der Waals surface area contributed by atoms with Gasteiger partial charge in [-0.25, -0.2) is 8.42 Å². The van der Waals surface area contributed by atoms with E-state index < -0.39 is 10.0 Å². The molecule has 0 atom stereocenters. The fraction of sp³-hybridized carbons (Fsp3) is 0.600. The van der Waals surface area contributed by atoms with Crippen LogP contribution in [0.4, 0.5) is 0 Å². The fourth-order valence-corrected chi connectivity index (χ4v) is 4.01. The Labute approximate surface area is 132 Å². The first kappa shape index (κ1) is 16.7. The first-order chi connectivity index (χ1) is 9.82. The van der Waals surface area contributed by atoms with Crippen molar-refractivity contribution < 1.29 is 8.42 Å². The van der Waals surface area contributed by atoms with Crippen LogP contribution in [0.5, 0.6) is 0 Å². The van der Waals surface area contributed by atoms with Gasteiger partial charge in [0.15, 0.2) is 0 Å². The third-order valence-corrected chi connectivity index (χ3v) is 6.25. The van der Waals surface area contributed by atoms with Gasteiger partial charge in [-0.1, -0.05) is 37.9 Å². The van der Waals surface area contributed by atoms with Crippen LogP contribution in [-0.2, 0) is 16.6 Å². The molecular weight excluding hydrogens is 308 g/mol. The number of hydrogen-bond acceptors (Lipinski definition) is 3. The zero-order chi connectivity index (χ0) is 15.6. The molecule has 1 aromatic carbocycles. The highest BCUT2D eigenvalue weighted by atomic mass is 35.5. The van der Waals surface area contributed by atoms with E-state index in [-0.39, 0.29) is 10.9 Å². The molecule has 1 aromatic rings. The van der Waals surface area contributed by atoms with Crippen molar-refractivity contribution >= 4 is 21.6 Å². The largest absolute Gasteiger partial charge is 0.310 e. The van der Waals surface area contributed by atoms with E-state index in [1.807, 2.05) is 0 Å². The predicted molar refractivity (Wildman–Crippen MR) is 86.0 cm³/mol. The SMILES string of the molecule is CC(C)NCc1ccc(S(=O)(=O)N(C)C2CCC2)cc1Cl. The van der Waals surface area contributed by atoms with Crippen LogP contribution in [0, 0.1) is 0 Å². The van der Waals surface area contributed by atoms with Gasteiger partial charge in [-0.05, 0) is 30.5 Å². The highest BCUT2D eigenvalue weighted by molar-refractivity contribution is 7.89. The second-order valence-electron chi connectivity index (χ2n) is 5.89. The maximum absolute atomic E-state index is 12.5. The Morgan fingerprint density at radius 3 is 2.52 bits per heavy atom. The Kier molecular flexibility index (Phi) is 5.30. The van der Waals surface area contributed by atoms with Crippen molar-refractivity contribution in [3.63, 3.8) is 0 Å². The summed E-state index contributed by atoms with van der Waals surface area (Å²) in [5.74, 6) is 0. The van der Waals surface area contributed by atoms with Crippen molar-refractivity contribution in [1.29, 1.82) is 0 Å². The summed E-state index contributed by atoms with van der Waals surface area (Å²) in [7, 11) is -1.79. The molecule has 0 radical (unpaired) electrons. The van der Waals surface area contributed by atoms with Gasteiger partial charge in [0, 0.05) is 30.7 Å². The van der Waals surface area contributed by atoms with Crippen LogP contribution in [0.15, 0.2) is 23.1 Å². The summed E-state index contributed by atoms with van der Waals surface area (Å²) < 4.78 is 26.6. The van der Waals surface area contributed by atoms with Gasteiger partial charge in [0.05, 0.1) is 4.90 Å². The van der Waals surface area contributed by atoms with Crippen LogP contribution in [-0.4, -0.2) is 31.9 Å². The van der Waals surface area contributed by atoms with Crippen molar-refractivity contribution in [2.45, 2.75) is 56.6 Å². The lowest BCUT2D eigenvalue weighted by Crippen LogP contribution is -2.41. The Balaban J connectivity index is 2.18. The second kappa shape index (κ2) is 6.65. The zero-order valence-corrected chi connectivity index (χ0v) is 14.3. The van der Waals surface area contributed by atoms with E-state index in [0.717, 1.165) is 24.8 Å². The molecule has 1 aliphatic rings. The minimum Gasteiger partial charge on any atom is -0.310 e. The quantitative estimate of drug-likeness (QED) is 0.872. The van der Waals surface area contributed by atoms with Crippen molar-refractivity contribution in [1.82, 2.24) is 9.62 Å². The molecule has 6 heteroatoms. The molecule has 21 heavy (non-hydrogen) atoms. The van der Waals surface area contributed by atoms with E-state index in [9.17, 15) is 8.42 Å². The summed E-state index contributed by atoms with van der Waals surface area (Å²) in [5, 5.41) is 3.77. The van der Waals surface area contributed by atoms with Crippen LogP contribution in [0.2, 0.25) is 5.02 Å². The first-order valence-electron chi connectivity index (χ1n) is 7.32. The number of nitrogens with zero attached hydrogens (tertiary/aromatic N) is 1. The van der Waals surface area contributed by atoms with E-state index in [1.54, 1.807) is 25.2 Å². The standard InChI is InChI=1S/C15H23ClN2O2S/c1-11(2)17-10-12-7-8-14(9-15(12)16)21(19,20)18(3)13-5-4-6-13/h7-9,11,13,17H,4-6,10H2,1-3H3. The molecular formula is C15H23ClN2O2S. The molecule has 0 amide bonds. The van der Waals surface area contributed by atoms with Gasteiger partial charge in [0.1, 0.15) is 0 Å². The van der Waals surface area contributed by atoms with E-state index in [4.69, 9.17) is 11.6 Å². The minimum absolute atomic E-state index is 0.135. The average molecular weight is 331 g/mol. The summed E-state index contributed by atoms with van der Waals surface area (Å²) >= 11 is 6.23. The molecule has 1 fully saturated rings. The Hall–Kier alpha value is -0.620. The smallest absolute Gasteiger partial charge is 0.243 e. The number of rotatable bonds is 6. The maximum atomic E-state index is 12.5.